The van der Waals surface area contributed by atoms with E-state index < -0.39 is 0 Å². The maximum atomic E-state index is 12.8. The van der Waals surface area contributed by atoms with Crippen molar-refractivity contribution in [2.75, 3.05) is 13.1 Å². The molecule has 2 fully saturated rings. The Labute approximate surface area is 139 Å². The van der Waals surface area contributed by atoms with Gasteiger partial charge in [-0.2, -0.15) is 5.10 Å². The van der Waals surface area contributed by atoms with Gasteiger partial charge in [-0.3, -0.25) is 14.8 Å². The number of nitrogens with one attached hydrogen (secondary N) is 1. The number of hydrogen-bond donors (Lipinski definition) is 1. The smallest absolute Gasteiger partial charge is 0.274 e. The summed E-state index contributed by atoms with van der Waals surface area (Å²) in [6.45, 7) is 10.6. The highest BCUT2D eigenvalue weighted by molar-refractivity contribution is 5.92. The summed E-state index contributed by atoms with van der Waals surface area (Å²) in [5.41, 5.74) is 1.60. The molecule has 2 aliphatic rings. The second kappa shape index (κ2) is 6.63. The highest BCUT2D eigenvalue weighted by atomic mass is 16.2. The van der Waals surface area contributed by atoms with Gasteiger partial charge in [0.05, 0.1) is 0 Å². The summed E-state index contributed by atoms with van der Waals surface area (Å²) < 4.78 is 0. The Hall–Kier alpha value is -1.36. The molecule has 5 nitrogen and oxygen atoms in total. The van der Waals surface area contributed by atoms with Gasteiger partial charge < -0.3 is 4.90 Å². The van der Waals surface area contributed by atoms with E-state index in [1.165, 1.54) is 19.3 Å². The van der Waals surface area contributed by atoms with E-state index in [0.717, 1.165) is 25.2 Å². The van der Waals surface area contributed by atoms with Crippen molar-refractivity contribution in [1.82, 2.24) is 20.0 Å². The minimum atomic E-state index is 0.0809. The lowest BCUT2D eigenvalue weighted by atomic mass is 10.0. The predicted molar refractivity (Wildman–Crippen MR) is 91.6 cm³/mol. The molecule has 1 N–H and O–H groups in total. The third kappa shape index (κ3) is 3.30. The standard InChI is InChI=1S/C18H30N4O/c1-12(2)16-10-17(20-19-16)18(23)21-9-5-6-15(11-21)22-13(3)7-8-14(22)4/h10,12-15H,5-9,11H2,1-4H3,(H,19,20)/t13-,14-,15-/m0/s1. The Morgan fingerprint density at radius 3 is 2.57 bits per heavy atom. The van der Waals surface area contributed by atoms with Crippen LogP contribution in [0.15, 0.2) is 6.07 Å². The normalized spacial score (nSPS) is 29.4. The van der Waals surface area contributed by atoms with Crippen molar-refractivity contribution in [2.45, 2.75) is 77.4 Å². The SMILES string of the molecule is CC(C)c1cc(C(=O)N2CCC[C@H](N3[C@@H](C)CC[C@@H]3C)C2)n[nH]1. The molecule has 0 radical (unpaired) electrons. The second-order valence-corrected chi connectivity index (χ2v) is 7.63. The number of likely N-dealkylation sites (tertiary alicyclic amines) is 2. The van der Waals surface area contributed by atoms with Gasteiger partial charge in [0.1, 0.15) is 5.69 Å². The lowest BCUT2D eigenvalue weighted by molar-refractivity contribution is 0.0482. The molecule has 0 saturated carbocycles. The van der Waals surface area contributed by atoms with Crippen LogP contribution in [-0.4, -0.2) is 57.1 Å². The average molecular weight is 318 g/mol. The molecule has 128 valence electrons. The number of carbonyl (C=O) groups excluding carboxylic acids is 1. The summed E-state index contributed by atoms with van der Waals surface area (Å²) in [7, 11) is 0. The van der Waals surface area contributed by atoms with Gasteiger partial charge in [0, 0.05) is 36.9 Å². The van der Waals surface area contributed by atoms with Crippen LogP contribution in [0, 0.1) is 0 Å². The Morgan fingerprint density at radius 1 is 1.26 bits per heavy atom. The molecule has 2 saturated heterocycles. The molecule has 5 heteroatoms. The van der Waals surface area contributed by atoms with Crippen molar-refractivity contribution in [3.63, 3.8) is 0 Å². The minimum absolute atomic E-state index is 0.0809. The molecule has 1 amide bonds. The molecule has 0 aliphatic carbocycles. The number of nitrogens with zero attached hydrogens (tertiary/aromatic N) is 3. The van der Waals surface area contributed by atoms with Crippen LogP contribution in [0.4, 0.5) is 0 Å². The molecule has 1 aromatic rings. The lowest BCUT2D eigenvalue weighted by Crippen LogP contribution is -2.52. The molecule has 1 aromatic heterocycles. The Bertz CT molecular complexity index is 543. The monoisotopic (exact) mass is 318 g/mol. The number of piperidine rings is 1. The number of amides is 1. The topological polar surface area (TPSA) is 52.2 Å². The predicted octanol–water partition coefficient (Wildman–Crippen LogP) is 3.01. The van der Waals surface area contributed by atoms with Crippen LogP contribution in [0.3, 0.4) is 0 Å². The average Bonchev–Trinajstić information content (AvgIpc) is 3.14. The lowest BCUT2D eigenvalue weighted by Gasteiger charge is -2.41. The summed E-state index contributed by atoms with van der Waals surface area (Å²) in [5.74, 6) is 0.446. The first kappa shape index (κ1) is 16.5. The fourth-order valence-electron chi connectivity index (χ4n) is 4.22. The number of carbonyl (C=O) groups is 1. The van der Waals surface area contributed by atoms with Crippen LogP contribution < -0.4 is 0 Å². The van der Waals surface area contributed by atoms with Crippen LogP contribution >= 0.6 is 0 Å². The van der Waals surface area contributed by atoms with Gasteiger partial charge in [0.25, 0.3) is 5.91 Å². The highest BCUT2D eigenvalue weighted by Crippen LogP contribution is 2.30. The Balaban J connectivity index is 1.69. The number of rotatable bonds is 3. The zero-order valence-electron chi connectivity index (χ0n) is 14.9. The van der Waals surface area contributed by atoms with Crippen LogP contribution in [0.5, 0.6) is 0 Å². The summed E-state index contributed by atoms with van der Waals surface area (Å²) in [6.07, 6.45) is 4.86. The third-order valence-corrected chi connectivity index (χ3v) is 5.56. The molecular weight excluding hydrogens is 288 g/mol. The Morgan fingerprint density at radius 2 is 1.96 bits per heavy atom. The number of aromatic nitrogens is 2. The number of H-pyrrole nitrogens is 1. The first-order valence-electron chi connectivity index (χ1n) is 9.09. The van der Waals surface area contributed by atoms with Crippen molar-refractivity contribution in [2.24, 2.45) is 0 Å². The summed E-state index contributed by atoms with van der Waals surface area (Å²) in [4.78, 5) is 17.4. The fraction of sp³-hybridized carbons (Fsp3) is 0.778. The maximum absolute atomic E-state index is 12.8. The van der Waals surface area contributed by atoms with E-state index in [1.54, 1.807) is 0 Å². The summed E-state index contributed by atoms with van der Waals surface area (Å²) in [6, 6.07) is 3.70. The highest BCUT2D eigenvalue weighted by Gasteiger charge is 2.36. The van der Waals surface area contributed by atoms with Crippen molar-refractivity contribution >= 4 is 5.91 Å². The van der Waals surface area contributed by atoms with Gasteiger partial charge in [-0.15, -0.1) is 0 Å². The van der Waals surface area contributed by atoms with Crippen LogP contribution in [0.2, 0.25) is 0 Å². The van der Waals surface area contributed by atoms with Crippen molar-refractivity contribution in [3.05, 3.63) is 17.5 Å². The molecular formula is C18H30N4O. The van der Waals surface area contributed by atoms with Crippen LogP contribution in [0.1, 0.15) is 75.5 Å². The molecule has 0 bridgehead atoms. The van der Waals surface area contributed by atoms with E-state index in [2.05, 4.69) is 42.8 Å². The summed E-state index contributed by atoms with van der Waals surface area (Å²) >= 11 is 0. The fourth-order valence-corrected chi connectivity index (χ4v) is 4.22. The number of hydrogen-bond acceptors (Lipinski definition) is 3. The quantitative estimate of drug-likeness (QED) is 0.932. The second-order valence-electron chi connectivity index (χ2n) is 7.63. The van der Waals surface area contributed by atoms with Gasteiger partial charge in [0.2, 0.25) is 0 Å². The van der Waals surface area contributed by atoms with Gasteiger partial charge in [-0.05, 0) is 51.5 Å². The van der Waals surface area contributed by atoms with Crippen molar-refractivity contribution < 1.29 is 4.79 Å². The largest absolute Gasteiger partial charge is 0.336 e. The van der Waals surface area contributed by atoms with Crippen molar-refractivity contribution in [1.29, 1.82) is 0 Å². The van der Waals surface area contributed by atoms with E-state index in [0.29, 0.717) is 29.7 Å². The summed E-state index contributed by atoms with van der Waals surface area (Å²) in [5, 5.41) is 7.23. The molecule has 0 spiro atoms. The molecule has 23 heavy (non-hydrogen) atoms. The van der Waals surface area contributed by atoms with Crippen LogP contribution in [-0.2, 0) is 0 Å². The third-order valence-electron chi connectivity index (χ3n) is 5.56. The molecule has 3 rings (SSSR count). The van der Waals surface area contributed by atoms with Gasteiger partial charge in [0.15, 0.2) is 0 Å². The molecule has 2 aliphatic heterocycles. The van der Waals surface area contributed by atoms with Crippen LogP contribution in [0.25, 0.3) is 0 Å². The molecule has 0 unspecified atom stereocenters. The molecule has 3 heterocycles. The van der Waals surface area contributed by atoms with Gasteiger partial charge in [-0.25, -0.2) is 0 Å². The zero-order chi connectivity index (χ0) is 16.6. The minimum Gasteiger partial charge on any atom is -0.336 e. The first-order chi connectivity index (χ1) is 11.0. The zero-order valence-corrected chi connectivity index (χ0v) is 14.9. The first-order valence-corrected chi connectivity index (χ1v) is 9.09. The Kier molecular flexibility index (Phi) is 4.76. The maximum Gasteiger partial charge on any atom is 0.274 e. The number of aromatic amines is 1. The van der Waals surface area contributed by atoms with Gasteiger partial charge >= 0.3 is 0 Å². The van der Waals surface area contributed by atoms with E-state index in [9.17, 15) is 4.79 Å². The molecule has 0 aromatic carbocycles. The van der Waals surface area contributed by atoms with Crippen molar-refractivity contribution in [3.8, 4) is 0 Å². The van der Waals surface area contributed by atoms with Gasteiger partial charge in [-0.1, -0.05) is 13.8 Å². The molecule has 3 atom stereocenters. The van der Waals surface area contributed by atoms with E-state index >= 15 is 0 Å². The van der Waals surface area contributed by atoms with E-state index in [-0.39, 0.29) is 5.91 Å². The van der Waals surface area contributed by atoms with E-state index in [4.69, 9.17) is 0 Å². The van der Waals surface area contributed by atoms with E-state index in [1.807, 2.05) is 11.0 Å².